The van der Waals surface area contributed by atoms with Crippen LogP contribution in [0.5, 0.6) is 0 Å². The predicted octanol–water partition coefficient (Wildman–Crippen LogP) is 3.69. The van der Waals surface area contributed by atoms with Gasteiger partial charge >= 0.3 is 0 Å². The molecule has 0 aliphatic rings. The lowest BCUT2D eigenvalue weighted by Gasteiger charge is -2.12. The Morgan fingerprint density at radius 3 is 2.77 bits per heavy atom. The SMILES string of the molecule is CCCc1nc2c(N)nc(C)c(C)c2n1CCOCCCc1nccs1. The minimum atomic E-state index is 0.517. The average Bonchev–Trinajstić information content (AvgIpc) is 3.25. The van der Waals surface area contributed by atoms with Crippen LogP contribution >= 0.6 is 11.3 Å². The first kappa shape index (κ1) is 18.8. The summed E-state index contributed by atoms with van der Waals surface area (Å²) in [4.78, 5) is 13.5. The lowest BCUT2D eigenvalue weighted by Crippen LogP contribution is -2.11. The number of anilines is 1. The highest BCUT2D eigenvalue weighted by molar-refractivity contribution is 7.09. The lowest BCUT2D eigenvalue weighted by atomic mass is 10.2. The van der Waals surface area contributed by atoms with E-state index in [1.807, 2.05) is 18.5 Å². The summed E-state index contributed by atoms with van der Waals surface area (Å²) in [6, 6.07) is 0. The van der Waals surface area contributed by atoms with Gasteiger partial charge in [0, 0.05) is 43.3 Å². The van der Waals surface area contributed by atoms with Gasteiger partial charge in [-0.3, -0.25) is 0 Å². The number of nitrogens with two attached hydrogens (primary N) is 1. The number of aryl methyl sites for hydroxylation is 4. The van der Waals surface area contributed by atoms with Crippen molar-refractivity contribution in [1.29, 1.82) is 0 Å². The molecule has 3 rings (SSSR count). The van der Waals surface area contributed by atoms with Crippen molar-refractivity contribution in [2.24, 2.45) is 0 Å². The molecule has 3 aromatic rings. The van der Waals surface area contributed by atoms with Crippen LogP contribution in [0.2, 0.25) is 0 Å². The molecule has 0 fully saturated rings. The van der Waals surface area contributed by atoms with Crippen LogP contribution in [0.3, 0.4) is 0 Å². The van der Waals surface area contributed by atoms with Gasteiger partial charge in [-0.1, -0.05) is 6.92 Å². The van der Waals surface area contributed by atoms with E-state index in [1.165, 1.54) is 5.01 Å². The predicted molar refractivity (Wildman–Crippen MR) is 107 cm³/mol. The Hall–Kier alpha value is -1.99. The molecule has 0 atom stereocenters. The fourth-order valence-corrected chi connectivity index (χ4v) is 3.82. The van der Waals surface area contributed by atoms with E-state index in [1.54, 1.807) is 11.3 Å². The molecule has 0 spiro atoms. The molecule has 0 aliphatic carbocycles. The van der Waals surface area contributed by atoms with Crippen LogP contribution in [-0.4, -0.2) is 32.7 Å². The van der Waals surface area contributed by atoms with Crippen LogP contribution in [0, 0.1) is 13.8 Å². The van der Waals surface area contributed by atoms with E-state index < -0.39 is 0 Å². The molecule has 0 aliphatic heterocycles. The topological polar surface area (TPSA) is 78.8 Å². The van der Waals surface area contributed by atoms with Crippen LogP contribution in [0.15, 0.2) is 11.6 Å². The van der Waals surface area contributed by atoms with Crippen LogP contribution in [0.25, 0.3) is 11.0 Å². The zero-order valence-electron chi connectivity index (χ0n) is 15.8. The Balaban J connectivity index is 1.66. The molecule has 0 saturated heterocycles. The van der Waals surface area contributed by atoms with E-state index in [2.05, 4.69) is 28.4 Å². The van der Waals surface area contributed by atoms with Gasteiger partial charge in [-0.15, -0.1) is 11.3 Å². The molecule has 26 heavy (non-hydrogen) atoms. The largest absolute Gasteiger partial charge is 0.382 e. The Kier molecular flexibility index (Phi) is 6.21. The van der Waals surface area contributed by atoms with Gasteiger partial charge in [0.25, 0.3) is 0 Å². The normalized spacial score (nSPS) is 11.5. The second-order valence-electron chi connectivity index (χ2n) is 6.48. The van der Waals surface area contributed by atoms with Crippen LogP contribution in [0.1, 0.15) is 41.9 Å². The minimum Gasteiger partial charge on any atom is -0.382 e. The fourth-order valence-electron chi connectivity index (χ4n) is 3.16. The molecule has 140 valence electrons. The summed E-state index contributed by atoms with van der Waals surface area (Å²) in [5.74, 6) is 1.58. The van der Waals surface area contributed by atoms with Crippen molar-refractivity contribution in [2.75, 3.05) is 18.9 Å². The third-order valence-electron chi connectivity index (χ3n) is 4.57. The number of aromatic nitrogens is 4. The second-order valence-corrected chi connectivity index (χ2v) is 7.46. The van der Waals surface area contributed by atoms with Gasteiger partial charge in [0.05, 0.1) is 17.1 Å². The van der Waals surface area contributed by atoms with Crippen molar-refractivity contribution in [3.8, 4) is 0 Å². The van der Waals surface area contributed by atoms with Crippen molar-refractivity contribution < 1.29 is 4.74 Å². The molecule has 6 nitrogen and oxygen atoms in total. The highest BCUT2D eigenvalue weighted by Gasteiger charge is 2.17. The number of ether oxygens (including phenoxy) is 1. The standard InChI is InChI=1S/C19H27N5OS/c1-4-6-15-23-17-18(13(2)14(3)22-19(17)20)24(15)9-11-25-10-5-7-16-21-8-12-26-16/h8,12H,4-7,9-11H2,1-3H3,(H2,20,22). The third kappa shape index (κ3) is 4.04. The maximum Gasteiger partial charge on any atom is 0.151 e. The van der Waals surface area contributed by atoms with Crippen molar-refractivity contribution in [3.63, 3.8) is 0 Å². The van der Waals surface area contributed by atoms with Gasteiger partial charge in [-0.2, -0.15) is 0 Å². The second kappa shape index (κ2) is 8.60. The van der Waals surface area contributed by atoms with Crippen LogP contribution in [-0.2, 0) is 24.1 Å². The van der Waals surface area contributed by atoms with E-state index in [9.17, 15) is 0 Å². The van der Waals surface area contributed by atoms with Gasteiger partial charge in [0.1, 0.15) is 11.3 Å². The average molecular weight is 374 g/mol. The third-order valence-corrected chi connectivity index (χ3v) is 5.41. The Labute approximate surface area is 158 Å². The fraction of sp³-hybridized carbons (Fsp3) is 0.526. The molecule has 3 aromatic heterocycles. The Morgan fingerprint density at radius 1 is 1.19 bits per heavy atom. The summed E-state index contributed by atoms with van der Waals surface area (Å²) in [6.07, 6.45) is 5.80. The first-order chi connectivity index (χ1) is 12.6. The van der Waals surface area contributed by atoms with Crippen LogP contribution in [0.4, 0.5) is 5.82 Å². The minimum absolute atomic E-state index is 0.517. The number of nitrogens with zero attached hydrogens (tertiary/aromatic N) is 4. The summed E-state index contributed by atoms with van der Waals surface area (Å²) >= 11 is 1.70. The highest BCUT2D eigenvalue weighted by atomic mass is 32.1. The summed E-state index contributed by atoms with van der Waals surface area (Å²) < 4.78 is 8.13. The number of rotatable bonds is 9. The van der Waals surface area contributed by atoms with E-state index in [4.69, 9.17) is 15.5 Å². The maximum atomic E-state index is 6.12. The summed E-state index contributed by atoms with van der Waals surface area (Å²) in [5.41, 5.74) is 10.2. The zero-order valence-corrected chi connectivity index (χ0v) is 16.6. The highest BCUT2D eigenvalue weighted by Crippen LogP contribution is 2.26. The number of nitrogen functional groups attached to an aromatic ring is 1. The molecule has 0 bridgehead atoms. The number of fused-ring (bicyclic) bond motifs is 1. The Morgan fingerprint density at radius 2 is 2.04 bits per heavy atom. The number of pyridine rings is 1. The number of thiazole rings is 1. The number of imidazole rings is 1. The van der Waals surface area contributed by atoms with Gasteiger partial charge in [-0.25, -0.2) is 15.0 Å². The first-order valence-corrected chi connectivity index (χ1v) is 10.1. The van der Waals surface area contributed by atoms with E-state index in [-0.39, 0.29) is 0 Å². The first-order valence-electron chi connectivity index (χ1n) is 9.19. The van der Waals surface area contributed by atoms with Crippen LogP contribution < -0.4 is 5.73 Å². The molecule has 7 heteroatoms. The molecule has 0 radical (unpaired) electrons. The smallest absolute Gasteiger partial charge is 0.151 e. The molecular formula is C19H27N5OS. The summed E-state index contributed by atoms with van der Waals surface area (Å²) in [6.45, 7) is 8.45. The molecule has 0 amide bonds. The zero-order chi connectivity index (χ0) is 18.5. The number of hydrogen-bond donors (Lipinski definition) is 1. The van der Waals surface area contributed by atoms with Crippen molar-refractivity contribution in [1.82, 2.24) is 19.5 Å². The Bertz CT molecular complexity index is 857. The molecule has 3 heterocycles. The molecule has 0 unspecified atom stereocenters. The monoisotopic (exact) mass is 373 g/mol. The van der Waals surface area contributed by atoms with E-state index in [0.29, 0.717) is 12.4 Å². The van der Waals surface area contributed by atoms with E-state index in [0.717, 1.165) is 67.0 Å². The van der Waals surface area contributed by atoms with Gasteiger partial charge < -0.3 is 15.0 Å². The molecule has 2 N–H and O–H groups in total. The summed E-state index contributed by atoms with van der Waals surface area (Å²) in [7, 11) is 0. The van der Waals surface area contributed by atoms with Crippen molar-refractivity contribution in [2.45, 2.75) is 53.0 Å². The number of hydrogen-bond acceptors (Lipinski definition) is 6. The quantitative estimate of drug-likeness (QED) is 0.579. The van der Waals surface area contributed by atoms with Gasteiger partial charge in [-0.05, 0) is 32.3 Å². The van der Waals surface area contributed by atoms with Crippen molar-refractivity contribution >= 4 is 28.2 Å². The molecule has 0 saturated carbocycles. The van der Waals surface area contributed by atoms with E-state index >= 15 is 0 Å². The summed E-state index contributed by atoms with van der Waals surface area (Å²) in [5, 5.41) is 3.19. The van der Waals surface area contributed by atoms with Crippen molar-refractivity contribution in [3.05, 3.63) is 33.7 Å². The van der Waals surface area contributed by atoms with Gasteiger partial charge in [0.2, 0.25) is 0 Å². The molecule has 0 aromatic carbocycles. The lowest BCUT2D eigenvalue weighted by molar-refractivity contribution is 0.124. The van der Waals surface area contributed by atoms with Gasteiger partial charge in [0.15, 0.2) is 5.82 Å². The molecular weight excluding hydrogens is 346 g/mol. The maximum absolute atomic E-state index is 6.12.